The fraction of sp³-hybridized carbons (Fsp3) is 0.478. The van der Waals surface area contributed by atoms with Crippen LogP contribution in [0.15, 0.2) is 41.9 Å². The van der Waals surface area contributed by atoms with Crippen molar-refractivity contribution < 1.29 is 4.79 Å². The Morgan fingerprint density at radius 1 is 0.900 bits per heavy atom. The van der Waals surface area contributed by atoms with Gasteiger partial charge in [0.25, 0.3) is 5.91 Å². The molecular formula is C23H29N5OS. The number of thiophene rings is 1. The van der Waals surface area contributed by atoms with Crippen LogP contribution in [-0.4, -0.2) is 69.3 Å². The van der Waals surface area contributed by atoms with E-state index in [4.69, 9.17) is 4.98 Å². The van der Waals surface area contributed by atoms with Crippen LogP contribution < -0.4 is 0 Å². The lowest BCUT2D eigenvalue weighted by molar-refractivity contribution is 0.0785. The lowest BCUT2D eigenvalue weighted by Gasteiger charge is -2.22. The van der Waals surface area contributed by atoms with Crippen molar-refractivity contribution in [3.05, 3.63) is 58.2 Å². The monoisotopic (exact) mass is 423 g/mol. The third kappa shape index (κ3) is 4.15. The highest BCUT2D eigenvalue weighted by molar-refractivity contribution is 7.09. The Labute approximate surface area is 181 Å². The minimum Gasteiger partial charge on any atom is -0.337 e. The smallest absolute Gasteiger partial charge is 0.274 e. The molecule has 5 rings (SSSR count). The van der Waals surface area contributed by atoms with E-state index in [2.05, 4.69) is 31.7 Å². The molecule has 7 heteroatoms. The summed E-state index contributed by atoms with van der Waals surface area (Å²) in [5.41, 5.74) is 2.54. The number of likely N-dealkylation sites (tertiary alicyclic amines) is 1. The summed E-state index contributed by atoms with van der Waals surface area (Å²) in [4.78, 5) is 26.4. The minimum atomic E-state index is 0.0975. The molecule has 0 bridgehead atoms. The van der Waals surface area contributed by atoms with Gasteiger partial charge in [-0.3, -0.25) is 14.6 Å². The van der Waals surface area contributed by atoms with Crippen LogP contribution in [0.5, 0.6) is 0 Å². The maximum atomic E-state index is 13.2. The molecular weight excluding hydrogens is 394 g/mol. The van der Waals surface area contributed by atoms with Crippen LogP contribution in [0.3, 0.4) is 0 Å². The molecule has 30 heavy (non-hydrogen) atoms. The predicted octanol–water partition coefficient (Wildman–Crippen LogP) is 3.34. The average molecular weight is 424 g/mol. The highest BCUT2D eigenvalue weighted by Crippen LogP contribution is 2.21. The van der Waals surface area contributed by atoms with E-state index in [1.807, 2.05) is 40.6 Å². The molecule has 2 aliphatic heterocycles. The van der Waals surface area contributed by atoms with Gasteiger partial charge in [-0.2, -0.15) is 0 Å². The first-order valence-electron chi connectivity index (χ1n) is 11.0. The van der Waals surface area contributed by atoms with Gasteiger partial charge in [0.05, 0.1) is 5.69 Å². The number of rotatable bonds is 5. The lowest BCUT2D eigenvalue weighted by Crippen LogP contribution is -2.32. The van der Waals surface area contributed by atoms with Gasteiger partial charge in [0.2, 0.25) is 0 Å². The second-order valence-electron chi connectivity index (χ2n) is 8.32. The SMILES string of the molecule is O=C(c1nc2ccccn2c1CN1CCCN(Cc2cccs2)CC1)N1CCCC1. The van der Waals surface area contributed by atoms with E-state index in [0.29, 0.717) is 5.69 Å². The van der Waals surface area contributed by atoms with Crippen molar-refractivity contribution in [3.8, 4) is 0 Å². The van der Waals surface area contributed by atoms with Gasteiger partial charge in [0, 0.05) is 50.3 Å². The largest absolute Gasteiger partial charge is 0.337 e. The first kappa shape index (κ1) is 19.7. The van der Waals surface area contributed by atoms with E-state index < -0.39 is 0 Å². The number of hydrogen-bond acceptors (Lipinski definition) is 5. The molecule has 3 aromatic heterocycles. The summed E-state index contributed by atoms with van der Waals surface area (Å²) in [7, 11) is 0. The number of carbonyl (C=O) groups excluding carboxylic acids is 1. The van der Waals surface area contributed by atoms with Gasteiger partial charge >= 0.3 is 0 Å². The van der Waals surface area contributed by atoms with Crippen molar-refractivity contribution in [2.45, 2.75) is 32.4 Å². The number of nitrogens with zero attached hydrogens (tertiary/aromatic N) is 5. The Hall–Kier alpha value is -2.22. The van der Waals surface area contributed by atoms with Crippen LogP contribution >= 0.6 is 11.3 Å². The number of pyridine rings is 1. The van der Waals surface area contributed by atoms with Crippen LogP contribution in [-0.2, 0) is 13.1 Å². The van der Waals surface area contributed by atoms with Gasteiger partial charge in [0.1, 0.15) is 5.65 Å². The molecule has 2 aliphatic rings. The van der Waals surface area contributed by atoms with Gasteiger partial charge in [-0.15, -0.1) is 11.3 Å². The van der Waals surface area contributed by atoms with E-state index in [-0.39, 0.29) is 5.91 Å². The zero-order valence-electron chi connectivity index (χ0n) is 17.4. The van der Waals surface area contributed by atoms with E-state index in [1.165, 1.54) is 4.88 Å². The van der Waals surface area contributed by atoms with Crippen molar-refractivity contribution in [1.29, 1.82) is 0 Å². The standard InChI is InChI=1S/C23H29N5OS/c29-23(27-11-3-4-12-27)22-20(28-13-2-1-8-21(28)24-22)18-26-10-6-9-25(14-15-26)17-19-7-5-16-30-19/h1-2,5,7-8,13,16H,3-4,6,9-12,14-15,17-18H2. The molecule has 3 aromatic rings. The molecule has 5 heterocycles. The molecule has 0 aromatic carbocycles. The van der Waals surface area contributed by atoms with E-state index >= 15 is 0 Å². The molecule has 0 radical (unpaired) electrons. The highest BCUT2D eigenvalue weighted by atomic mass is 32.1. The third-order valence-corrected chi connectivity index (χ3v) is 7.10. The van der Waals surface area contributed by atoms with Crippen molar-refractivity contribution >= 4 is 22.9 Å². The number of carbonyl (C=O) groups is 1. The molecule has 0 unspecified atom stereocenters. The van der Waals surface area contributed by atoms with E-state index in [9.17, 15) is 4.79 Å². The summed E-state index contributed by atoms with van der Waals surface area (Å²) in [6.07, 6.45) is 5.39. The summed E-state index contributed by atoms with van der Waals surface area (Å²) >= 11 is 1.84. The lowest BCUT2D eigenvalue weighted by atomic mass is 10.2. The topological polar surface area (TPSA) is 44.1 Å². The van der Waals surface area contributed by atoms with Gasteiger partial charge in [0.15, 0.2) is 5.69 Å². The molecule has 158 valence electrons. The first-order chi connectivity index (χ1) is 14.8. The van der Waals surface area contributed by atoms with Crippen molar-refractivity contribution in [2.24, 2.45) is 0 Å². The Morgan fingerprint density at radius 3 is 2.47 bits per heavy atom. The van der Waals surface area contributed by atoms with Crippen LogP contribution in [0, 0.1) is 0 Å². The molecule has 0 aliphatic carbocycles. The first-order valence-corrected chi connectivity index (χ1v) is 11.9. The fourth-order valence-corrected chi connectivity index (χ4v) is 5.36. The Morgan fingerprint density at radius 2 is 1.70 bits per heavy atom. The molecule has 1 amide bonds. The van der Waals surface area contributed by atoms with Crippen LogP contribution in [0.1, 0.15) is 40.3 Å². The van der Waals surface area contributed by atoms with Crippen molar-refractivity contribution in [2.75, 3.05) is 39.3 Å². The molecule has 0 saturated carbocycles. The van der Waals surface area contributed by atoms with E-state index in [0.717, 1.165) is 83.0 Å². The number of amides is 1. The van der Waals surface area contributed by atoms with Crippen molar-refractivity contribution in [3.63, 3.8) is 0 Å². The molecule has 2 fully saturated rings. The normalized spacial score (nSPS) is 18.9. The Bertz CT molecular complexity index is 992. The predicted molar refractivity (Wildman–Crippen MR) is 120 cm³/mol. The summed E-state index contributed by atoms with van der Waals surface area (Å²) in [6.45, 7) is 7.78. The Kier molecular flexibility index (Phi) is 5.84. The summed E-state index contributed by atoms with van der Waals surface area (Å²) in [5, 5.41) is 2.16. The second kappa shape index (κ2) is 8.88. The number of imidazole rings is 1. The third-order valence-electron chi connectivity index (χ3n) is 6.24. The van der Waals surface area contributed by atoms with Crippen LogP contribution in [0.2, 0.25) is 0 Å². The molecule has 0 atom stereocenters. The van der Waals surface area contributed by atoms with Gasteiger partial charge in [-0.25, -0.2) is 4.98 Å². The molecule has 0 spiro atoms. The summed E-state index contributed by atoms with van der Waals surface area (Å²) < 4.78 is 2.11. The van der Waals surface area contributed by atoms with Gasteiger partial charge in [-0.1, -0.05) is 12.1 Å². The molecule has 2 saturated heterocycles. The fourth-order valence-electron chi connectivity index (χ4n) is 4.61. The Balaban J connectivity index is 1.34. The van der Waals surface area contributed by atoms with Crippen LogP contribution in [0.25, 0.3) is 5.65 Å². The maximum absolute atomic E-state index is 13.2. The van der Waals surface area contributed by atoms with Crippen LogP contribution in [0.4, 0.5) is 0 Å². The maximum Gasteiger partial charge on any atom is 0.274 e. The zero-order valence-corrected chi connectivity index (χ0v) is 18.2. The van der Waals surface area contributed by atoms with E-state index in [1.54, 1.807) is 0 Å². The summed E-state index contributed by atoms with van der Waals surface area (Å²) in [5.74, 6) is 0.0975. The minimum absolute atomic E-state index is 0.0975. The van der Waals surface area contributed by atoms with Gasteiger partial charge < -0.3 is 9.30 Å². The average Bonchev–Trinajstić information content (AvgIpc) is 3.50. The number of fused-ring (bicyclic) bond motifs is 1. The number of hydrogen-bond donors (Lipinski definition) is 0. The molecule has 6 nitrogen and oxygen atoms in total. The number of aromatic nitrogens is 2. The molecule has 0 N–H and O–H groups in total. The van der Waals surface area contributed by atoms with Crippen molar-refractivity contribution in [1.82, 2.24) is 24.1 Å². The summed E-state index contributed by atoms with van der Waals surface area (Å²) in [6, 6.07) is 10.4. The van der Waals surface area contributed by atoms with Gasteiger partial charge in [-0.05, 0) is 55.9 Å². The second-order valence-corrected chi connectivity index (χ2v) is 9.35. The zero-order chi connectivity index (χ0) is 20.3. The highest BCUT2D eigenvalue weighted by Gasteiger charge is 2.27. The quantitative estimate of drug-likeness (QED) is 0.631.